The Labute approximate surface area is 197 Å². The normalized spacial score (nSPS) is 12.5. The smallest absolute Gasteiger partial charge is 0.245 e. The summed E-state index contributed by atoms with van der Waals surface area (Å²) in [4.78, 5) is 8.97. The van der Waals surface area contributed by atoms with Gasteiger partial charge in [0.25, 0.3) is 0 Å². The van der Waals surface area contributed by atoms with Crippen molar-refractivity contribution in [3.05, 3.63) is 67.1 Å². The van der Waals surface area contributed by atoms with Crippen molar-refractivity contribution in [1.82, 2.24) is 28.9 Å². The average Bonchev–Trinajstić information content (AvgIpc) is 3.36. The van der Waals surface area contributed by atoms with Crippen molar-refractivity contribution >= 4 is 38.2 Å². The zero-order valence-electron chi connectivity index (χ0n) is 19.3. The fourth-order valence-corrected chi connectivity index (χ4v) is 5.26. The minimum absolute atomic E-state index is 0.201. The molecule has 0 aliphatic carbocycles. The van der Waals surface area contributed by atoms with E-state index >= 15 is 0 Å². The summed E-state index contributed by atoms with van der Waals surface area (Å²) in [5.74, 6) is 0.421. The summed E-state index contributed by atoms with van der Waals surface area (Å²) < 4.78 is 32.1. The molecule has 5 aromatic rings. The van der Waals surface area contributed by atoms with E-state index in [4.69, 9.17) is 0 Å². The van der Waals surface area contributed by atoms with Crippen LogP contribution in [0.25, 0.3) is 27.8 Å². The lowest BCUT2D eigenvalue weighted by Crippen LogP contribution is -2.40. The van der Waals surface area contributed by atoms with Crippen molar-refractivity contribution in [3.8, 4) is 11.3 Å². The zero-order valence-corrected chi connectivity index (χ0v) is 20.1. The highest BCUT2D eigenvalue weighted by Crippen LogP contribution is 2.26. The van der Waals surface area contributed by atoms with E-state index in [2.05, 4.69) is 25.1 Å². The van der Waals surface area contributed by atoms with Crippen LogP contribution in [-0.4, -0.2) is 38.1 Å². The quantitative estimate of drug-likeness (QED) is 0.396. The van der Waals surface area contributed by atoms with E-state index in [0.717, 1.165) is 33.5 Å². The molecule has 0 aliphatic heterocycles. The zero-order chi connectivity index (χ0) is 24.1. The summed E-state index contributed by atoms with van der Waals surface area (Å²) >= 11 is 0. The van der Waals surface area contributed by atoms with Crippen LogP contribution in [0.2, 0.25) is 0 Å². The van der Waals surface area contributed by atoms with Crippen LogP contribution in [0.3, 0.4) is 0 Å². The van der Waals surface area contributed by atoms with Crippen LogP contribution in [0.5, 0.6) is 0 Å². The van der Waals surface area contributed by atoms with E-state index in [1.165, 1.54) is 0 Å². The molecule has 3 aromatic heterocycles. The second-order valence-electron chi connectivity index (χ2n) is 9.20. The van der Waals surface area contributed by atoms with Crippen LogP contribution in [0.15, 0.2) is 72.0 Å². The minimum atomic E-state index is -3.66. The van der Waals surface area contributed by atoms with Crippen molar-refractivity contribution in [2.24, 2.45) is 7.05 Å². The second-order valence-corrected chi connectivity index (χ2v) is 10.9. The number of hydrogen-bond acceptors (Lipinski definition) is 6. The van der Waals surface area contributed by atoms with Gasteiger partial charge in [-0.05, 0) is 63.2 Å². The van der Waals surface area contributed by atoms with Gasteiger partial charge in [0.15, 0.2) is 0 Å². The van der Waals surface area contributed by atoms with E-state index in [1.54, 1.807) is 35.2 Å². The Balaban J connectivity index is 1.50. The first-order valence-corrected chi connectivity index (χ1v) is 12.2. The van der Waals surface area contributed by atoms with Crippen molar-refractivity contribution in [2.75, 3.05) is 5.32 Å². The molecule has 174 valence electrons. The number of nitrogens with zero attached hydrogens (tertiary/aromatic N) is 5. The lowest BCUT2D eigenvalue weighted by atomic mass is 10.1. The largest absolute Gasteiger partial charge is 0.334 e. The Kier molecular flexibility index (Phi) is 5.14. The number of sulfonamides is 1. The summed E-state index contributed by atoms with van der Waals surface area (Å²) in [5, 5.41) is 7.90. The summed E-state index contributed by atoms with van der Waals surface area (Å²) in [6, 6.07) is 16.5. The first kappa shape index (κ1) is 22.1. The minimum Gasteiger partial charge on any atom is -0.334 e. The van der Waals surface area contributed by atoms with Gasteiger partial charge < -0.3 is 9.88 Å². The van der Waals surface area contributed by atoms with Gasteiger partial charge >= 0.3 is 0 Å². The van der Waals surface area contributed by atoms with Gasteiger partial charge in [0.2, 0.25) is 16.0 Å². The van der Waals surface area contributed by atoms with E-state index in [9.17, 15) is 8.42 Å². The molecular formula is C24H25N7O2S. The Morgan fingerprint density at radius 3 is 2.59 bits per heavy atom. The van der Waals surface area contributed by atoms with Gasteiger partial charge in [0, 0.05) is 23.8 Å². The van der Waals surface area contributed by atoms with Crippen molar-refractivity contribution in [1.29, 1.82) is 0 Å². The van der Waals surface area contributed by atoms with Crippen LogP contribution < -0.4 is 10.0 Å². The van der Waals surface area contributed by atoms with Crippen LogP contribution in [0.1, 0.15) is 20.8 Å². The van der Waals surface area contributed by atoms with Crippen molar-refractivity contribution < 1.29 is 8.42 Å². The molecule has 5 rings (SSSR count). The molecule has 0 unspecified atom stereocenters. The molecule has 0 fully saturated rings. The molecular weight excluding hydrogens is 450 g/mol. The lowest BCUT2D eigenvalue weighted by molar-refractivity contribution is 0.491. The van der Waals surface area contributed by atoms with E-state index in [0.29, 0.717) is 5.95 Å². The number of aromatic nitrogens is 5. The van der Waals surface area contributed by atoms with Gasteiger partial charge in [-0.25, -0.2) is 27.6 Å². The SMILES string of the molecule is Cn1cnc2ccc(Nc3ncc4ccc(-c5cccc(S(=O)(=O)NC(C)(C)C)c5)n4n3)cc21. The Bertz CT molecular complexity index is 1630. The van der Waals surface area contributed by atoms with Crippen molar-refractivity contribution in [3.63, 3.8) is 0 Å². The van der Waals surface area contributed by atoms with Gasteiger partial charge in [-0.3, -0.25) is 0 Å². The lowest BCUT2D eigenvalue weighted by Gasteiger charge is -2.20. The van der Waals surface area contributed by atoms with Gasteiger partial charge in [-0.2, -0.15) is 0 Å². The maximum Gasteiger partial charge on any atom is 0.245 e. The predicted octanol–water partition coefficient (Wildman–Crippen LogP) is 4.10. The highest BCUT2D eigenvalue weighted by molar-refractivity contribution is 7.89. The van der Waals surface area contributed by atoms with E-state index in [1.807, 2.05) is 68.8 Å². The van der Waals surface area contributed by atoms with Crippen LogP contribution in [0, 0.1) is 0 Å². The van der Waals surface area contributed by atoms with Crippen LogP contribution in [-0.2, 0) is 17.1 Å². The number of aryl methyl sites for hydroxylation is 1. The van der Waals surface area contributed by atoms with E-state index < -0.39 is 15.6 Å². The molecule has 0 aliphatic rings. The molecule has 2 aromatic carbocycles. The third kappa shape index (κ3) is 4.25. The molecule has 0 spiro atoms. The monoisotopic (exact) mass is 475 g/mol. The Morgan fingerprint density at radius 2 is 1.79 bits per heavy atom. The second kappa shape index (κ2) is 7.93. The predicted molar refractivity (Wildman–Crippen MR) is 132 cm³/mol. The molecule has 0 radical (unpaired) electrons. The molecule has 10 heteroatoms. The number of anilines is 2. The van der Waals surface area contributed by atoms with Gasteiger partial charge in [0.05, 0.1) is 39.7 Å². The highest BCUT2D eigenvalue weighted by Gasteiger charge is 2.22. The third-order valence-electron chi connectivity index (χ3n) is 5.26. The Hall–Kier alpha value is -3.76. The maximum absolute atomic E-state index is 12.8. The molecule has 0 amide bonds. The average molecular weight is 476 g/mol. The van der Waals surface area contributed by atoms with Gasteiger partial charge in [-0.15, -0.1) is 5.10 Å². The fraction of sp³-hybridized carbons (Fsp3) is 0.208. The molecule has 0 saturated heterocycles. The first-order chi connectivity index (χ1) is 16.1. The van der Waals surface area contributed by atoms with E-state index in [-0.39, 0.29) is 4.90 Å². The summed E-state index contributed by atoms with van der Waals surface area (Å²) in [5.41, 5.74) is 4.45. The summed E-state index contributed by atoms with van der Waals surface area (Å²) in [7, 11) is -1.72. The number of imidazole rings is 1. The number of hydrogen-bond donors (Lipinski definition) is 2. The number of fused-ring (bicyclic) bond motifs is 2. The highest BCUT2D eigenvalue weighted by atomic mass is 32.2. The molecule has 34 heavy (non-hydrogen) atoms. The summed E-state index contributed by atoms with van der Waals surface area (Å²) in [6.45, 7) is 5.44. The fourth-order valence-electron chi connectivity index (χ4n) is 3.80. The van der Waals surface area contributed by atoms with Gasteiger partial charge in [-0.1, -0.05) is 12.1 Å². The molecule has 9 nitrogen and oxygen atoms in total. The molecule has 0 saturated carbocycles. The van der Waals surface area contributed by atoms with Crippen LogP contribution in [0.4, 0.5) is 11.6 Å². The standard InChI is InChI=1S/C24H25N7O2S/c1-24(2,3)29-34(32,33)19-7-5-6-16(12-19)21-11-9-18-14-25-23(28-31(18)21)27-17-8-10-20-22(13-17)30(4)15-26-20/h5-15,29H,1-4H3,(H,27,28). The van der Waals surface area contributed by atoms with Gasteiger partial charge in [0.1, 0.15) is 0 Å². The molecule has 3 heterocycles. The number of benzene rings is 2. The third-order valence-corrected chi connectivity index (χ3v) is 7.02. The number of nitrogens with one attached hydrogen (secondary N) is 2. The van der Waals surface area contributed by atoms with Crippen molar-refractivity contribution in [2.45, 2.75) is 31.2 Å². The molecule has 2 N–H and O–H groups in total. The summed E-state index contributed by atoms with van der Waals surface area (Å²) in [6.07, 6.45) is 3.50. The Morgan fingerprint density at radius 1 is 0.971 bits per heavy atom. The first-order valence-electron chi connectivity index (χ1n) is 10.8. The number of rotatable bonds is 5. The molecule has 0 bridgehead atoms. The maximum atomic E-state index is 12.8. The topological polar surface area (TPSA) is 106 Å². The van der Waals surface area contributed by atoms with Crippen LogP contribution >= 0.6 is 0 Å². The molecule has 0 atom stereocenters.